The Balaban J connectivity index is 3.26. The van der Waals surface area contributed by atoms with Crippen LogP contribution in [0, 0.1) is 6.92 Å². The van der Waals surface area contributed by atoms with Gasteiger partial charge in [-0.15, -0.1) is 0 Å². The highest BCUT2D eigenvalue weighted by atomic mass is 35.5. The van der Waals surface area contributed by atoms with Crippen molar-refractivity contribution < 1.29 is 14.7 Å². The third-order valence-electron chi connectivity index (χ3n) is 1.71. The zero-order chi connectivity index (χ0) is 11.4. The van der Waals surface area contributed by atoms with Gasteiger partial charge in [0.25, 0.3) is 0 Å². The average Bonchev–Trinajstić information content (AvgIpc) is 2.11. The monoisotopic (exact) mass is 227 g/mol. The number of esters is 1. The van der Waals surface area contributed by atoms with E-state index in [1.807, 2.05) is 0 Å². The predicted octanol–water partition coefficient (Wildman–Crippen LogP) is 2.38. The van der Waals surface area contributed by atoms with Crippen LogP contribution in [-0.4, -0.2) is 17.4 Å². The molecule has 0 saturated heterocycles. The minimum absolute atomic E-state index is 0.352. The molecule has 0 aliphatic rings. The predicted molar refractivity (Wildman–Crippen MR) is 56.9 cm³/mol. The third-order valence-corrected chi connectivity index (χ3v) is 1.93. The first-order valence-corrected chi connectivity index (χ1v) is 4.58. The van der Waals surface area contributed by atoms with E-state index in [1.165, 1.54) is 6.92 Å². The largest absolute Gasteiger partial charge is 0.426 e. The van der Waals surface area contributed by atoms with Crippen LogP contribution in [0.3, 0.4) is 0 Å². The molecule has 0 aromatic heterocycles. The van der Waals surface area contributed by atoms with Gasteiger partial charge in [0.15, 0.2) is 0 Å². The topological polar surface area (TPSA) is 58.9 Å². The second-order valence-corrected chi connectivity index (χ2v) is 3.42. The van der Waals surface area contributed by atoms with E-state index in [9.17, 15) is 4.79 Å². The molecule has 1 aromatic rings. The first-order valence-electron chi connectivity index (χ1n) is 4.20. The summed E-state index contributed by atoms with van der Waals surface area (Å²) in [6.45, 7) is 3.05. The lowest BCUT2D eigenvalue weighted by Crippen LogP contribution is -2.05. The number of nitrogens with zero attached hydrogens (tertiary/aromatic N) is 1. The first-order chi connectivity index (χ1) is 7.04. The molecule has 1 rings (SSSR count). The number of benzene rings is 1. The Morgan fingerprint density at radius 2 is 2.27 bits per heavy atom. The molecule has 1 N–H and O–H groups in total. The maximum absolute atomic E-state index is 10.8. The fourth-order valence-corrected chi connectivity index (χ4v) is 1.48. The van der Waals surface area contributed by atoms with E-state index < -0.39 is 5.97 Å². The quantitative estimate of drug-likeness (QED) is 0.277. The first kappa shape index (κ1) is 11.5. The Hall–Kier alpha value is -1.55. The SMILES string of the molecule is CC(=O)Oc1c(C)cc(Cl)cc1/C=N/O. The van der Waals surface area contributed by atoms with Crippen LogP contribution in [0.15, 0.2) is 17.3 Å². The van der Waals surface area contributed by atoms with E-state index in [0.29, 0.717) is 21.9 Å². The third kappa shape index (κ3) is 2.95. The summed E-state index contributed by atoms with van der Waals surface area (Å²) < 4.78 is 4.98. The minimum Gasteiger partial charge on any atom is -0.426 e. The summed E-state index contributed by atoms with van der Waals surface area (Å²) >= 11 is 5.81. The number of hydrogen-bond acceptors (Lipinski definition) is 4. The Morgan fingerprint density at radius 1 is 1.60 bits per heavy atom. The summed E-state index contributed by atoms with van der Waals surface area (Å²) in [5.74, 6) is -0.0855. The number of hydrogen-bond donors (Lipinski definition) is 1. The molecule has 0 heterocycles. The van der Waals surface area contributed by atoms with Gasteiger partial charge in [0.05, 0.1) is 6.21 Å². The fourth-order valence-electron chi connectivity index (χ4n) is 1.20. The molecule has 0 aliphatic carbocycles. The van der Waals surface area contributed by atoms with Crippen LogP contribution >= 0.6 is 11.6 Å². The molecule has 0 aliphatic heterocycles. The molecule has 80 valence electrons. The highest BCUT2D eigenvalue weighted by Gasteiger charge is 2.09. The highest BCUT2D eigenvalue weighted by Crippen LogP contribution is 2.26. The summed E-state index contributed by atoms with van der Waals surface area (Å²) in [5, 5.41) is 11.8. The number of carbonyl (C=O) groups excluding carboxylic acids is 1. The lowest BCUT2D eigenvalue weighted by Gasteiger charge is -2.08. The minimum atomic E-state index is -0.437. The van der Waals surface area contributed by atoms with Crippen molar-refractivity contribution in [2.45, 2.75) is 13.8 Å². The van der Waals surface area contributed by atoms with Gasteiger partial charge in [-0.1, -0.05) is 16.8 Å². The van der Waals surface area contributed by atoms with E-state index >= 15 is 0 Å². The van der Waals surface area contributed by atoms with Crippen LogP contribution in [-0.2, 0) is 4.79 Å². The summed E-state index contributed by atoms with van der Waals surface area (Å²) in [7, 11) is 0. The Bertz CT molecular complexity index is 415. The zero-order valence-electron chi connectivity index (χ0n) is 8.32. The van der Waals surface area contributed by atoms with Gasteiger partial charge in [0.1, 0.15) is 5.75 Å². The Kier molecular flexibility index (Phi) is 3.68. The van der Waals surface area contributed by atoms with Gasteiger partial charge in [0, 0.05) is 17.5 Å². The van der Waals surface area contributed by atoms with Crippen molar-refractivity contribution in [1.29, 1.82) is 0 Å². The molecule has 15 heavy (non-hydrogen) atoms. The number of halogens is 1. The van der Waals surface area contributed by atoms with Crippen molar-refractivity contribution in [3.05, 3.63) is 28.3 Å². The van der Waals surface area contributed by atoms with Gasteiger partial charge >= 0.3 is 5.97 Å². The summed E-state index contributed by atoms with van der Waals surface area (Å²) in [6.07, 6.45) is 1.16. The summed E-state index contributed by atoms with van der Waals surface area (Å²) in [6, 6.07) is 3.21. The number of oxime groups is 1. The van der Waals surface area contributed by atoms with Crippen LogP contribution in [0.2, 0.25) is 5.02 Å². The molecule has 0 amide bonds. The molecule has 0 fully saturated rings. The van der Waals surface area contributed by atoms with Crippen molar-refractivity contribution in [2.24, 2.45) is 5.16 Å². The van der Waals surface area contributed by atoms with Crippen LogP contribution < -0.4 is 4.74 Å². The van der Waals surface area contributed by atoms with Crippen molar-refractivity contribution in [2.75, 3.05) is 0 Å². The smallest absolute Gasteiger partial charge is 0.308 e. The van der Waals surface area contributed by atoms with Gasteiger partial charge in [-0.25, -0.2) is 0 Å². The number of carbonyl (C=O) groups is 1. The van der Waals surface area contributed by atoms with Crippen molar-refractivity contribution in [3.8, 4) is 5.75 Å². The molecule has 0 spiro atoms. The summed E-state index contributed by atoms with van der Waals surface area (Å²) in [4.78, 5) is 10.8. The molecule has 4 nitrogen and oxygen atoms in total. The summed E-state index contributed by atoms with van der Waals surface area (Å²) in [5.41, 5.74) is 1.16. The van der Waals surface area contributed by atoms with Crippen LogP contribution in [0.1, 0.15) is 18.1 Å². The maximum Gasteiger partial charge on any atom is 0.308 e. The number of aryl methyl sites for hydroxylation is 1. The average molecular weight is 228 g/mol. The van der Waals surface area contributed by atoms with Crippen molar-refractivity contribution in [3.63, 3.8) is 0 Å². The molecule has 0 atom stereocenters. The lowest BCUT2D eigenvalue weighted by molar-refractivity contribution is -0.131. The molecule has 0 unspecified atom stereocenters. The van der Waals surface area contributed by atoms with E-state index in [1.54, 1.807) is 19.1 Å². The second-order valence-electron chi connectivity index (χ2n) is 2.98. The van der Waals surface area contributed by atoms with Crippen LogP contribution in [0.5, 0.6) is 5.75 Å². The van der Waals surface area contributed by atoms with Crippen molar-refractivity contribution >= 4 is 23.8 Å². The highest BCUT2D eigenvalue weighted by molar-refractivity contribution is 6.31. The fraction of sp³-hybridized carbons (Fsp3) is 0.200. The number of rotatable bonds is 2. The van der Waals surface area contributed by atoms with Crippen LogP contribution in [0.4, 0.5) is 0 Å². The van der Waals surface area contributed by atoms with E-state index in [0.717, 1.165) is 6.21 Å². The van der Waals surface area contributed by atoms with E-state index in [4.69, 9.17) is 21.5 Å². The van der Waals surface area contributed by atoms with E-state index in [-0.39, 0.29) is 0 Å². The van der Waals surface area contributed by atoms with Crippen LogP contribution in [0.25, 0.3) is 0 Å². The van der Waals surface area contributed by atoms with Gasteiger partial charge in [-0.2, -0.15) is 0 Å². The zero-order valence-corrected chi connectivity index (χ0v) is 9.08. The maximum atomic E-state index is 10.8. The van der Waals surface area contributed by atoms with Gasteiger partial charge < -0.3 is 9.94 Å². The molecular weight excluding hydrogens is 218 g/mol. The van der Waals surface area contributed by atoms with Gasteiger partial charge in [-0.05, 0) is 24.6 Å². The Morgan fingerprint density at radius 3 is 2.80 bits per heavy atom. The molecule has 0 saturated carbocycles. The van der Waals surface area contributed by atoms with Gasteiger partial charge in [-0.3, -0.25) is 4.79 Å². The number of ether oxygens (including phenoxy) is 1. The lowest BCUT2D eigenvalue weighted by atomic mass is 10.1. The molecular formula is C10H10ClNO3. The molecule has 0 bridgehead atoms. The van der Waals surface area contributed by atoms with Gasteiger partial charge in [0.2, 0.25) is 0 Å². The van der Waals surface area contributed by atoms with E-state index in [2.05, 4.69) is 5.16 Å². The standard InChI is InChI=1S/C10H10ClNO3/c1-6-3-9(11)4-8(5-12-14)10(6)15-7(2)13/h3-5,14H,1-2H3/b12-5+. The van der Waals surface area contributed by atoms with Crippen molar-refractivity contribution in [1.82, 2.24) is 0 Å². The molecule has 0 radical (unpaired) electrons. The molecule has 5 heteroatoms. The Labute approximate surface area is 92.1 Å². The second kappa shape index (κ2) is 4.79. The molecule has 1 aromatic carbocycles. The normalized spacial score (nSPS) is 10.6.